The Labute approximate surface area is 168 Å². The molecule has 3 N–H and O–H groups in total. The largest absolute Gasteiger partial charge is 0.508 e. The average molecular weight is 399 g/mol. The zero-order valence-electron chi connectivity index (χ0n) is 16.5. The monoisotopic (exact) mass is 399 g/mol. The number of hydrogen-bond acceptors (Lipinski definition) is 5. The fourth-order valence-electron chi connectivity index (χ4n) is 3.38. The molecule has 154 valence electrons. The van der Waals surface area contributed by atoms with Gasteiger partial charge in [0.1, 0.15) is 17.0 Å². The van der Waals surface area contributed by atoms with Crippen LogP contribution in [0.1, 0.15) is 41.4 Å². The Bertz CT molecular complexity index is 963. The topological polar surface area (TPSA) is 112 Å². The number of amides is 2. The molecule has 1 aromatic heterocycles. The summed E-state index contributed by atoms with van der Waals surface area (Å²) in [6.07, 6.45) is 1.56. The van der Waals surface area contributed by atoms with Gasteiger partial charge >= 0.3 is 0 Å². The van der Waals surface area contributed by atoms with Crippen LogP contribution in [-0.4, -0.2) is 46.1 Å². The van der Waals surface area contributed by atoms with E-state index in [1.54, 1.807) is 14.0 Å². The van der Waals surface area contributed by atoms with E-state index in [1.165, 1.54) is 11.0 Å². The lowest BCUT2D eigenvalue weighted by atomic mass is 10.0. The highest BCUT2D eigenvalue weighted by Crippen LogP contribution is 2.25. The summed E-state index contributed by atoms with van der Waals surface area (Å²) in [7, 11) is 1.60. The predicted octanol–water partition coefficient (Wildman–Crippen LogP) is 1.54. The molecule has 0 aliphatic carbocycles. The van der Waals surface area contributed by atoms with Crippen molar-refractivity contribution in [2.24, 2.45) is 0 Å². The summed E-state index contributed by atoms with van der Waals surface area (Å²) in [5.74, 6) is -0.841. The number of nitrogens with one attached hydrogen (secondary N) is 2. The number of carbonyl (C=O) groups is 2. The lowest BCUT2D eigenvalue weighted by molar-refractivity contribution is -0.139. The van der Waals surface area contributed by atoms with Crippen molar-refractivity contribution < 1.29 is 19.4 Å². The van der Waals surface area contributed by atoms with Crippen LogP contribution in [0, 0.1) is 0 Å². The number of ether oxygens (including phenoxy) is 1. The lowest BCUT2D eigenvalue weighted by Gasteiger charge is -2.23. The second kappa shape index (κ2) is 8.48. The van der Waals surface area contributed by atoms with Gasteiger partial charge in [-0.05, 0) is 30.9 Å². The molecule has 1 fully saturated rings. The maximum Gasteiger partial charge on any atom is 0.270 e. The highest BCUT2D eigenvalue weighted by molar-refractivity contribution is 5.92. The molecule has 2 heterocycles. The van der Waals surface area contributed by atoms with Gasteiger partial charge in [-0.3, -0.25) is 14.4 Å². The molecule has 0 spiro atoms. The minimum atomic E-state index is -0.789. The van der Waals surface area contributed by atoms with Crippen LogP contribution in [0.25, 0.3) is 0 Å². The number of rotatable bonds is 6. The number of nitrogens with zero attached hydrogens (tertiary/aromatic N) is 1. The van der Waals surface area contributed by atoms with Crippen molar-refractivity contribution in [3.63, 3.8) is 0 Å². The van der Waals surface area contributed by atoms with Crippen LogP contribution in [0.5, 0.6) is 5.75 Å². The Hall–Kier alpha value is -3.13. The summed E-state index contributed by atoms with van der Waals surface area (Å²) >= 11 is 0. The summed E-state index contributed by atoms with van der Waals surface area (Å²) in [5, 5.41) is 12.5. The maximum absolute atomic E-state index is 12.6. The molecule has 1 aliphatic heterocycles. The van der Waals surface area contributed by atoms with Crippen molar-refractivity contribution >= 4 is 11.8 Å². The van der Waals surface area contributed by atoms with Crippen LogP contribution in [0.2, 0.25) is 0 Å². The molecular weight excluding hydrogens is 374 g/mol. The summed E-state index contributed by atoms with van der Waals surface area (Å²) in [5.41, 5.74) is 0.417. The smallest absolute Gasteiger partial charge is 0.270 e. The van der Waals surface area contributed by atoms with Crippen LogP contribution >= 0.6 is 0 Å². The van der Waals surface area contributed by atoms with Gasteiger partial charge < -0.3 is 25.0 Å². The molecule has 8 heteroatoms. The molecule has 0 radical (unpaired) electrons. The molecule has 1 aromatic carbocycles. The second-order valence-corrected chi connectivity index (χ2v) is 7.41. The average Bonchev–Trinajstić information content (AvgIpc) is 3.13. The van der Waals surface area contributed by atoms with E-state index in [0.717, 1.165) is 23.6 Å². The van der Waals surface area contributed by atoms with Crippen molar-refractivity contribution in [3.05, 3.63) is 63.6 Å². The number of benzene rings is 1. The highest BCUT2D eigenvalue weighted by atomic mass is 16.5. The van der Waals surface area contributed by atoms with Crippen molar-refractivity contribution in [1.29, 1.82) is 0 Å². The van der Waals surface area contributed by atoms with E-state index in [9.17, 15) is 19.5 Å². The molecule has 8 nitrogen and oxygen atoms in total. The second-order valence-electron chi connectivity index (χ2n) is 7.41. The SMILES string of the molecule is CN(Cc1ccccc1CNC(=O)C1(C)CCCO1)C(=O)c1cc(O)cc(=O)[nH]1. The quantitative estimate of drug-likeness (QED) is 0.682. The van der Waals surface area contributed by atoms with Crippen molar-refractivity contribution in [2.45, 2.75) is 38.5 Å². The Morgan fingerprint density at radius 3 is 2.66 bits per heavy atom. The van der Waals surface area contributed by atoms with Gasteiger partial charge in [0.25, 0.3) is 17.4 Å². The van der Waals surface area contributed by atoms with Crippen molar-refractivity contribution in [2.75, 3.05) is 13.7 Å². The fourth-order valence-corrected chi connectivity index (χ4v) is 3.38. The van der Waals surface area contributed by atoms with E-state index in [4.69, 9.17) is 4.74 Å². The van der Waals surface area contributed by atoms with Crippen molar-refractivity contribution in [1.82, 2.24) is 15.2 Å². The van der Waals surface area contributed by atoms with Crippen LogP contribution in [0.3, 0.4) is 0 Å². The number of hydrogen-bond donors (Lipinski definition) is 3. The molecule has 29 heavy (non-hydrogen) atoms. The van der Waals surface area contributed by atoms with Gasteiger partial charge in [0.05, 0.1) is 0 Å². The third-order valence-electron chi connectivity index (χ3n) is 5.07. The molecule has 1 unspecified atom stereocenters. The molecule has 1 aliphatic rings. The van der Waals surface area contributed by atoms with Gasteiger partial charge in [-0.2, -0.15) is 0 Å². The zero-order valence-corrected chi connectivity index (χ0v) is 16.5. The van der Waals surface area contributed by atoms with E-state index in [1.807, 2.05) is 24.3 Å². The summed E-state index contributed by atoms with van der Waals surface area (Å²) in [6.45, 7) is 2.98. The van der Waals surface area contributed by atoms with E-state index in [2.05, 4.69) is 10.3 Å². The Morgan fingerprint density at radius 2 is 2.00 bits per heavy atom. The van der Waals surface area contributed by atoms with E-state index >= 15 is 0 Å². The van der Waals surface area contributed by atoms with Crippen molar-refractivity contribution in [3.8, 4) is 5.75 Å². The molecule has 1 atom stereocenters. The zero-order chi connectivity index (χ0) is 21.0. The summed E-state index contributed by atoms with van der Waals surface area (Å²) < 4.78 is 5.57. The van der Waals surface area contributed by atoms with Gasteiger partial charge in [-0.1, -0.05) is 24.3 Å². The number of aromatic nitrogens is 1. The van der Waals surface area contributed by atoms with E-state index < -0.39 is 17.1 Å². The maximum atomic E-state index is 12.6. The first kappa shape index (κ1) is 20.6. The number of aromatic amines is 1. The molecule has 0 bridgehead atoms. The normalized spacial score (nSPS) is 18.4. The fraction of sp³-hybridized carbons (Fsp3) is 0.381. The van der Waals surface area contributed by atoms with Crippen LogP contribution < -0.4 is 10.9 Å². The van der Waals surface area contributed by atoms with Gasteiger partial charge in [-0.25, -0.2) is 0 Å². The van der Waals surface area contributed by atoms with Gasteiger partial charge in [0.15, 0.2) is 0 Å². The molecule has 2 amide bonds. The predicted molar refractivity (Wildman–Crippen MR) is 106 cm³/mol. The third-order valence-corrected chi connectivity index (χ3v) is 5.07. The minimum Gasteiger partial charge on any atom is -0.508 e. The standard InChI is InChI=1S/C21H25N3O5/c1-21(8-5-9-29-21)20(28)22-12-14-6-3-4-7-15(14)13-24(2)19(27)17-10-16(25)11-18(26)23-17/h3-4,6-7,10-11H,5,8-9,12-13H2,1-2H3,(H,22,28)(H2,23,25,26). The Balaban J connectivity index is 1.69. The molecule has 3 rings (SSSR count). The first-order chi connectivity index (χ1) is 13.8. The number of carbonyl (C=O) groups excluding carboxylic acids is 2. The Kier molecular flexibility index (Phi) is 6.03. The number of H-pyrrole nitrogens is 1. The first-order valence-electron chi connectivity index (χ1n) is 9.46. The van der Waals surface area contributed by atoms with E-state index in [0.29, 0.717) is 19.6 Å². The summed E-state index contributed by atoms with van der Waals surface area (Å²) in [4.78, 5) is 40.4. The number of aromatic hydroxyl groups is 1. The third kappa shape index (κ3) is 4.83. The molecule has 2 aromatic rings. The van der Waals surface area contributed by atoms with Gasteiger partial charge in [0, 0.05) is 38.9 Å². The van der Waals surface area contributed by atoms with Crippen LogP contribution in [-0.2, 0) is 22.6 Å². The number of pyridine rings is 1. The van der Waals surface area contributed by atoms with Gasteiger partial charge in [-0.15, -0.1) is 0 Å². The Morgan fingerprint density at radius 1 is 1.28 bits per heavy atom. The highest BCUT2D eigenvalue weighted by Gasteiger charge is 2.37. The molecule has 0 saturated carbocycles. The minimum absolute atomic E-state index is 0.00888. The molecule has 1 saturated heterocycles. The lowest BCUT2D eigenvalue weighted by Crippen LogP contribution is -2.43. The van der Waals surface area contributed by atoms with Crippen LogP contribution in [0.15, 0.2) is 41.2 Å². The van der Waals surface area contributed by atoms with E-state index in [-0.39, 0.29) is 23.9 Å². The molecular formula is C21H25N3O5. The first-order valence-corrected chi connectivity index (χ1v) is 9.46. The van der Waals surface area contributed by atoms with Crippen LogP contribution in [0.4, 0.5) is 0 Å². The van der Waals surface area contributed by atoms with Gasteiger partial charge in [0.2, 0.25) is 0 Å². The summed E-state index contributed by atoms with van der Waals surface area (Å²) in [6, 6.07) is 9.72.